The molecule has 0 N–H and O–H groups in total. The van der Waals surface area contributed by atoms with Crippen LogP contribution in [-0.4, -0.2) is 103 Å². The Morgan fingerprint density at radius 2 is 0.519 bits per heavy atom. The van der Waals surface area contributed by atoms with E-state index in [9.17, 15) is 19.2 Å². The van der Waals surface area contributed by atoms with Crippen LogP contribution in [0.5, 0.6) is 0 Å². The fraction of sp³-hybridized carbons (Fsp3) is 0.300. The summed E-state index contributed by atoms with van der Waals surface area (Å²) in [4.78, 5) is 59.9. The molecule has 12 heteroatoms. The first-order chi connectivity index (χ1) is 25.5. The van der Waals surface area contributed by atoms with E-state index in [2.05, 4.69) is 0 Å². The first kappa shape index (κ1) is 37.8. The number of carbonyl (C=O) groups excluding carboxylic acids is 4. The Kier molecular flexibility index (Phi) is 14.9. The Morgan fingerprint density at radius 1 is 0.308 bits per heavy atom. The maximum atomic E-state index is 13.4. The molecule has 4 aromatic carbocycles. The van der Waals surface area contributed by atoms with Crippen molar-refractivity contribution >= 4 is 46.4 Å². The smallest absolute Gasteiger partial charge is 0.253 e. The summed E-state index contributed by atoms with van der Waals surface area (Å²) in [5.74, 6) is -1.32. The summed E-state index contributed by atoms with van der Waals surface area (Å²) in [6, 6.07) is 36.6. The average Bonchev–Trinajstić information content (AvgIpc) is 3.18. The maximum absolute atomic E-state index is 13.4. The van der Waals surface area contributed by atoms with Crippen LogP contribution in [0, 0.1) is 0 Å². The Balaban J connectivity index is 1.32. The fourth-order valence-electron chi connectivity index (χ4n) is 5.61. The molecule has 12 nitrogen and oxygen atoms in total. The van der Waals surface area contributed by atoms with Gasteiger partial charge in [-0.1, -0.05) is 72.8 Å². The predicted octanol–water partition coefficient (Wildman–Crippen LogP) is 4.20. The highest BCUT2D eigenvalue weighted by Crippen LogP contribution is 2.18. The van der Waals surface area contributed by atoms with Crippen LogP contribution in [0.1, 0.15) is 0 Å². The number of benzene rings is 4. The first-order valence-electron chi connectivity index (χ1n) is 17.2. The number of rotatable bonds is 4. The number of nitrogens with zero attached hydrogens (tertiary/aromatic N) is 4. The van der Waals surface area contributed by atoms with Crippen LogP contribution in [0.4, 0.5) is 22.7 Å². The summed E-state index contributed by atoms with van der Waals surface area (Å²) in [5.41, 5.74) is 2.64. The van der Waals surface area contributed by atoms with Gasteiger partial charge in [-0.2, -0.15) is 0 Å². The predicted molar refractivity (Wildman–Crippen MR) is 198 cm³/mol. The number of amides is 4. The topological polar surface area (TPSA) is 118 Å². The van der Waals surface area contributed by atoms with Crippen molar-refractivity contribution in [3.05, 3.63) is 121 Å². The highest BCUT2D eigenvalue weighted by molar-refractivity contribution is 5.97. The standard InChI is InChI=1S/C40H44N4O8/c45-37-29-51-30-38(46)43(35-17-9-3-10-18-35)23-27-50-28-24-44(36-19-11-4-12-20-36)40(48)32-52-31-39(47)42(34-15-7-2-8-16-34)22-26-49-25-21-41(37)33-13-5-1-6-14-33/h1-20H,21-32H2. The molecule has 0 unspecified atom stereocenters. The Hall–Kier alpha value is -5.40. The lowest BCUT2D eigenvalue weighted by Crippen LogP contribution is -2.41. The molecule has 1 aliphatic heterocycles. The summed E-state index contributed by atoms with van der Waals surface area (Å²) in [6.07, 6.45) is 0. The van der Waals surface area contributed by atoms with Gasteiger partial charge in [0, 0.05) is 48.9 Å². The summed E-state index contributed by atoms with van der Waals surface area (Å²) in [5, 5.41) is 0. The van der Waals surface area contributed by atoms with Crippen molar-refractivity contribution in [3.63, 3.8) is 0 Å². The van der Waals surface area contributed by atoms with Crippen molar-refractivity contribution in [1.29, 1.82) is 0 Å². The van der Waals surface area contributed by atoms with Crippen LogP contribution in [-0.2, 0) is 38.1 Å². The number of ether oxygens (including phenoxy) is 4. The molecule has 0 radical (unpaired) electrons. The molecule has 5 rings (SSSR count). The SMILES string of the molecule is O=C1COCC(=O)N(c2ccccc2)CCOCCN(c2ccccc2)C(=O)COCC(=O)N(c2ccccc2)CCOCCN1c1ccccc1. The van der Waals surface area contributed by atoms with Crippen LogP contribution in [0.25, 0.3) is 0 Å². The van der Waals surface area contributed by atoms with E-state index in [0.29, 0.717) is 22.7 Å². The Labute approximate surface area is 304 Å². The van der Waals surface area contributed by atoms with Crippen LogP contribution in [0.2, 0.25) is 0 Å². The van der Waals surface area contributed by atoms with Gasteiger partial charge in [0.25, 0.3) is 23.6 Å². The lowest BCUT2D eigenvalue weighted by molar-refractivity contribution is -0.129. The zero-order valence-corrected chi connectivity index (χ0v) is 29.1. The van der Waals surface area contributed by atoms with E-state index in [0.717, 1.165) is 0 Å². The van der Waals surface area contributed by atoms with E-state index < -0.39 is 0 Å². The number of para-hydroxylation sites is 4. The van der Waals surface area contributed by atoms with Crippen LogP contribution < -0.4 is 19.6 Å². The van der Waals surface area contributed by atoms with Crippen molar-refractivity contribution < 1.29 is 38.1 Å². The molecule has 52 heavy (non-hydrogen) atoms. The Bertz CT molecular complexity index is 1450. The van der Waals surface area contributed by atoms with E-state index in [4.69, 9.17) is 18.9 Å². The third kappa shape index (κ3) is 11.3. The largest absolute Gasteiger partial charge is 0.378 e. The molecule has 0 spiro atoms. The van der Waals surface area contributed by atoms with E-state index in [-0.39, 0.29) is 103 Å². The molecular weight excluding hydrogens is 664 g/mol. The number of anilines is 4. The third-order valence-corrected chi connectivity index (χ3v) is 8.21. The van der Waals surface area contributed by atoms with Gasteiger partial charge in [0.05, 0.1) is 26.4 Å². The molecule has 1 heterocycles. The van der Waals surface area contributed by atoms with E-state index in [1.807, 2.05) is 121 Å². The summed E-state index contributed by atoms with van der Waals surface area (Å²) >= 11 is 0. The monoisotopic (exact) mass is 708 g/mol. The third-order valence-electron chi connectivity index (χ3n) is 8.21. The molecule has 0 atom stereocenters. The average molecular weight is 709 g/mol. The van der Waals surface area contributed by atoms with Crippen molar-refractivity contribution in [1.82, 2.24) is 0 Å². The fourth-order valence-corrected chi connectivity index (χ4v) is 5.61. The second-order valence-electron chi connectivity index (χ2n) is 11.7. The first-order valence-corrected chi connectivity index (χ1v) is 17.2. The minimum Gasteiger partial charge on any atom is -0.378 e. The molecule has 0 aliphatic carbocycles. The molecule has 1 saturated heterocycles. The molecule has 272 valence electrons. The highest BCUT2D eigenvalue weighted by Gasteiger charge is 2.22. The van der Waals surface area contributed by atoms with Crippen molar-refractivity contribution in [2.45, 2.75) is 0 Å². The lowest BCUT2D eigenvalue weighted by atomic mass is 10.2. The van der Waals surface area contributed by atoms with Crippen molar-refractivity contribution in [2.24, 2.45) is 0 Å². The van der Waals surface area contributed by atoms with Crippen LogP contribution in [0.3, 0.4) is 0 Å². The molecule has 1 fully saturated rings. The second kappa shape index (κ2) is 20.4. The highest BCUT2D eigenvalue weighted by atomic mass is 16.5. The Morgan fingerprint density at radius 3 is 0.731 bits per heavy atom. The van der Waals surface area contributed by atoms with Gasteiger partial charge in [0.15, 0.2) is 0 Å². The van der Waals surface area contributed by atoms with Gasteiger partial charge in [0.2, 0.25) is 0 Å². The molecule has 4 amide bonds. The van der Waals surface area contributed by atoms with Gasteiger partial charge in [-0.05, 0) is 48.5 Å². The number of carbonyl (C=O) groups is 4. The van der Waals surface area contributed by atoms with Crippen molar-refractivity contribution in [3.8, 4) is 0 Å². The maximum Gasteiger partial charge on any atom is 0.253 e. The second-order valence-corrected chi connectivity index (χ2v) is 11.7. The van der Waals surface area contributed by atoms with Crippen LogP contribution >= 0.6 is 0 Å². The quantitative estimate of drug-likeness (QED) is 0.310. The van der Waals surface area contributed by atoms with Gasteiger partial charge in [-0.3, -0.25) is 19.2 Å². The van der Waals surface area contributed by atoms with Gasteiger partial charge in [-0.15, -0.1) is 0 Å². The normalized spacial score (nSPS) is 17.5. The van der Waals surface area contributed by atoms with Gasteiger partial charge in [-0.25, -0.2) is 0 Å². The van der Waals surface area contributed by atoms with E-state index >= 15 is 0 Å². The van der Waals surface area contributed by atoms with Crippen LogP contribution in [0.15, 0.2) is 121 Å². The molecule has 4 aromatic rings. The summed E-state index contributed by atoms with van der Waals surface area (Å²) < 4.78 is 23.2. The zero-order valence-electron chi connectivity index (χ0n) is 29.1. The van der Waals surface area contributed by atoms with E-state index in [1.54, 1.807) is 19.6 Å². The summed E-state index contributed by atoms with van der Waals surface area (Å²) in [7, 11) is 0. The minimum absolute atomic E-state index is 0.179. The van der Waals surface area contributed by atoms with Gasteiger partial charge in [0.1, 0.15) is 26.4 Å². The molecule has 1 aliphatic rings. The molecule has 0 bridgehead atoms. The van der Waals surface area contributed by atoms with Gasteiger partial charge < -0.3 is 38.5 Å². The van der Waals surface area contributed by atoms with Gasteiger partial charge >= 0.3 is 0 Å². The summed E-state index contributed by atoms with van der Waals surface area (Å²) in [6.45, 7) is 0.309. The number of hydrogen-bond acceptors (Lipinski definition) is 8. The number of hydrogen-bond donors (Lipinski definition) is 0. The molecular formula is C40H44N4O8. The molecule has 0 aromatic heterocycles. The molecule has 0 saturated carbocycles. The van der Waals surface area contributed by atoms with E-state index in [1.165, 1.54) is 0 Å². The lowest BCUT2D eigenvalue weighted by Gasteiger charge is -2.26. The minimum atomic E-state index is -0.331. The zero-order chi connectivity index (χ0) is 36.4. The van der Waals surface area contributed by atoms with Crippen molar-refractivity contribution in [2.75, 3.05) is 98.6 Å².